The van der Waals surface area contributed by atoms with Crippen LogP contribution in [0.3, 0.4) is 0 Å². The van der Waals surface area contributed by atoms with Gasteiger partial charge in [0.25, 0.3) is 0 Å². The highest BCUT2D eigenvalue weighted by molar-refractivity contribution is 9.10. The minimum absolute atomic E-state index is 0.290. The van der Waals surface area contributed by atoms with E-state index in [-0.39, 0.29) is 0 Å². The summed E-state index contributed by atoms with van der Waals surface area (Å²) in [5, 5.41) is 15.4. The van der Waals surface area contributed by atoms with Gasteiger partial charge < -0.3 is 5.11 Å². The van der Waals surface area contributed by atoms with E-state index in [9.17, 15) is 5.11 Å². The number of nitrogens with zero attached hydrogens (tertiary/aromatic N) is 2. The third kappa shape index (κ3) is 2.56. The Hall–Kier alpha value is -0.000000000000000111. The molecule has 1 aromatic rings. The Morgan fingerprint density at radius 3 is 2.88 bits per heavy atom. The molecule has 2 atom stereocenters. The highest BCUT2D eigenvalue weighted by Gasteiger charge is 2.38. The van der Waals surface area contributed by atoms with Gasteiger partial charge in [0.05, 0.1) is 21.5 Å². The van der Waals surface area contributed by atoms with E-state index < -0.39 is 5.60 Å². The third-order valence-corrected chi connectivity index (χ3v) is 6.11. The average Bonchev–Trinajstić information content (AvgIpc) is 2.50. The van der Waals surface area contributed by atoms with Crippen LogP contribution in [-0.2, 0) is 13.5 Å². The van der Waals surface area contributed by atoms with Crippen LogP contribution in [0, 0.1) is 6.92 Å². The predicted molar refractivity (Wildman–Crippen MR) is 75.5 cm³/mol. The Morgan fingerprint density at radius 1 is 1.65 bits per heavy atom. The van der Waals surface area contributed by atoms with Gasteiger partial charge in [-0.25, -0.2) is 0 Å². The van der Waals surface area contributed by atoms with Gasteiger partial charge in [-0.1, -0.05) is 6.92 Å². The number of hydrogen-bond acceptors (Lipinski definition) is 3. The molecule has 1 aliphatic rings. The van der Waals surface area contributed by atoms with Gasteiger partial charge in [0, 0.05) is 18.7 Å². The van der Waals surface area contributed by atoms with E-state index in [0.717, 1.165) is 34.5 Å². The summed E-state index contributed by atoms with van der Waals surface area (Å²) >= 11 is 5.44. The van der Waals surface area contributed by atoms with Crippen molar-refractivity contribution in [1.82, 2.24) is 9.78 Å². The highest BCUT2D eigenvalue weighted by atomic mass is 79.9. The Bertz CT molecular complexity index is 421. The average molecular weight is 319 g/mol. The normalized spacial score (nSPS) is 29.6. The summed E-state index contributed by atoms with van der Waals surface area (Å²) in [6.45, 7) is 4.11. The first kappa shape index (κ1) is 13.4. The van der Waals surface area contributed by atoms with Crippen molar-refractivity contribution < 1.29 is 5.11 Å². The molecule has 0 saturated carbocycles. The second-order valence-electron chi connectivity index (χ2n) is 4.87. The molecule has 0 spiro atoms. The molecule has 0 bridgehead atoms. The molecule has 0 aliphatic carbocycles. The quantitative estimate of drug-likeness (QED) is 0.911. The first-order valence-corrected chi connectivity index (χ1v) is 7.80. The summed E-state index contributed by atoms with van der Waals surface area (Å²) in [7, 11) is 1.94. The summed E-state index contributed by atoms with van der Waals surface area (Å²) in [6, 6.07) is 0. The lowest BCUT2D eigenvalue weighted by Crippen LogP contribution is -2.44. The maximum atomic E-state index is 10.8. The van der Waals surface area contributed by atoms with E-state index in [4.69, 9.17) is 0 Å². The van der Waals surface area contributed by atoms with Crippen LogP contribution in [0.5, 0.6) is 0 Å². The maximum Gasteiger partial charge on any atom is 0.0818 e. The molecular weight excluding hydrogens is 300 g/mol. The molecule has 1 fully saturated rings. The summed E-state index contributed by atoms with van der Waals surface area (Å²) in [5.41, 5.74) is 1.49. The molecule has 2 unspecified atom stereocenters. The number of halogens is 1. The second-order valence-corrected chi connectivity index (χ2v) is 7.11. The van der Waals surface area contributed by atoms with Crippen LogP contribution < -0.4 is 0 Å². The fourth-order valence-electron chi connectivity index (χ4n) is 2.39. The number of hydrogen-bond donors (Lipinski definition) is 1. The van der Waals surface area contributed by atoms with Crippen LogP contribution in [0.25, 0.3) is 0 Å². The summed E-state index contributed by atoms with van der Waals surface area (Å²) in [4.78, 5) is 0. The van der Waals surface area contributed by atoms with E-state index >= 15 is 0 Å². The van der Waals surface area contributed by atoms with Crippen LogP contribution in [-0.4, -0.2) is 31.5 Å². The molecule has 1 N–H and O–H groups in total. The molecule has 0 aromatic carbocycles. The zero-order chi connectivity index (χ0) is 12.6. The van der Waals surface area contributed by atoms with Crippen molar-refractivity contribution in [3.63, 3.8) is 0 Å². The van der Waals surface area contributed by atoms with Gasteiger partial charge >= 0.3 is 0 Å². The lowest BCUT2D eigenvalue weighted by molar-refractivity contribution is 0.0278. The van der Waals surface area contributed by atoms with Gasteiger partial charge in [0.2, 0.25) is 0 Å². The predicted octanol–water partition coefficient (Wildman–Crippen LogP) is 2.68. The van der Waals surface area contributed by atoms with Crippen LogP contribution in [0.15, 0.2) is 4.47 Å². The SMILES string of the molecule is Cc1nn(C)c(CC2(O)CCCSC2C)c1Br. The topological polar surface area (TPSA) is 38.0 Å². The molecule has 96 valence electrons. The molecule has 1 aliphatic heterocycles. The smallest absolute Gasteiger partial charge is 0.0818 e. The van der Waals surface area contributed by atoms with E-state index in [0.29, 0.717) is 11.7 Å². The zero-order valence-corrected chi connectivity index (χ0v) is 12.9. The minimum Gasteiger partial charge on any atom is -0.388 e. The molecule has 1 saturated heterocycles. The monoisotopic (exact) mass is 318 g/mol. The molecule has 0 radical (unpaired) electrons. The molecule has 5 heteroatoms. The molecule has 1 aromatic heterocycles. The lowest BCUT2D eigenvalue weighted by Gasteiger charge is -2.37. The van der Waals surface area contributed by atoms with Crippen molar-refractivity contribution >= 4 is 27.7 Å². The van der Waals surface area contributed by atoms with Gasteiger partial charge in [0.1, 0.15) is 0 Å². The summed E-state index contributed by atoms with van der Waals surface area (Å²) in [5.74, 6) is 1.16. The molecule has 17 heavy (non-hydrogen) atoms. The Balaban J connectivity index is 2.24. The Labute approximate surface area is 115 Å². The van der Waals surface area contributed by atoms with Crippen molar-refractivity contribution in [3.8, 4) is 0 Å². The fourth-order valence-corrected chi connectivity index (χ4v) is 4.04. The fraction of sp³-hybridized carbons (Fsp3) is 0.750. The van der Waals surface area contributed by atoms with E-state index in [2.05, 4.69) is 28.0 Å². The van der Waals surface area contributed by atoms with Gasteiger partial charge in [-0.15, -0.1) is 0 Å². The van der Waals surface area contributed by atoms with E-state index in [1.54, 1.807) is 0 Å². The molecule has 2 rings (SSSR count). The first-order valence-electron chi connectivity index (χ1n) is 5.96. The third-order valence-electron chi connectivity index (χ3n) is 3.61. The van der Waals surface area contributed by atoms with Crippen LogP contribution in [0.4, 0.5) is 0 Å². The summed E-state index contributed by atoms with van der Waals surface area (Å²) < 4.78 is 2.92. The lowest BCUT2D eigenvalue weighted by atomic mass is 9.89. The first-order chi connectivity index (χ1) is 7.94. The molecular formula is C12H19BrN2OS. The number of thioether (sulfide) groups is 1. The van der Waals surface area contributed by atoms with Crippen molar-refractivity contribution in [2.45, 2.75) is 44.0 Å². The molecule has 0 amide bonds. The van der Waals surface area contributed by atoms with Crippen molar-refractivity contribution in [2.75, 3.05) is 5.75 Å². The highest BCUT2D eigenvalue weighted by Crippen LogP contribution is 2.37. The van der Waals surface area contributed by atoms with Gasteiger partial charge in [0.15, 0.2) is 0 Å². The molecule has 2 heterocycles. The molecule has 3 nitrogen and oxygen atoms in total. The van der Waals surface area contributed by atoms with E-state index in [1.165, 1.54) is 0 Å². The van der Waals surface area contributed by atoms with Crippen molar-refractivity contribution in [1.29, 1.82) is 0 Å². The van der Waals surface area contributed by atoms with Gasteiger partial charge in [-0.05, 0) is 41.4 Å². The van der Waals surface area contributed by atoms with Crippen molar-refractivity contribution in [2.24, 2.45) is 7.05 Å². The standard InChI is InChI=1S/C12H19BrN2OS/c1-8-11(13)10(15(3)14-8)7-12(16)5-4-6-17-9(12)2/h9,16H,4-7H2,1-3H3. The largest absolute Gasteiger partial charge is 0.388 e. The number of rotatable bonds is 2. The second kappa shape index (κ2) is 4.94. The minimum atomic E-state index is -0.592. The van der Waals surface area contributed by atoms with Crippen LogP contribution >= 0.6 is 27.7 Å². The number of aryl methyl sites for hydroxylation is 2. The van der Waals surface area contributed by atoms with E-state index in [1.807, 2.05) is 30.4 Å². The van der Waals surface area contributed by atoms with Gasteiger partial charge in [-0.3, -0.25) is 4.68 Å². The summed E-state index contributed by atoms with van der Waals surface area (Å²) in [6.07, 6.45) is 2.66. The van der Waals surface area contributed by atoms with Crippen molar-refractivity contribution in [3.05, 3.63) is 15.9 Å². The zero-order valence-electron chi connectivity index (χ0n) is 10.5. The number of aromatic nitrogens is 2. The van der Waals surface area contributed by atoms with Crippen LogP contribution in [0.2, 0.25) is 0 Å². The van der Waals surface area contributed by atoms with Crippen LogP contribution in [0.1, 0.15) is 31.2 Å². The maximum absolute atomic E-state index is 10.8. The number of aliphatic hydroxyl groups is 1. The Morgan fingerprint density at radius 2 is 2.35 bits per heavy atom. The van der Waals surface area contributed by atoms with Gasteiger partial charge in [-0.2, -0.15) is 16.9 Å². The Kier molecular flexibility index (Phi) is 3.90.